The third-order valence-electron chi connectivity index (χ3n) is 4.80. The molecule has 7 nitrogen and oxygen atoms in total. The van der Waals surface area contributed by atoms with Gasteiger partial charge in [0, 0.05) is 5.56 Å². The number of methoxy groups -OCH3 is 2. The summed E-state index contributed by atoms with van der Waals surface area (Å²) < 4.78 is 27.5. The van der Waals surface area contributed by atoms with E-state index in [-0.39, 0.29) is 29.3 Å². The molecule has 31 heavy (non-hydrogen) atoms. The quantitative estimate of drug-likeness (QED) is 0.403. The second kappa shape index (κ2) is 8.39. The Morgan fingerprint density at radius 2 is 1.81 bits per heavy atom. The van der Waals surface area contributed by atoms with Gasteiger partial charge in [-0.15, -0.1) is 0 Å². The van der Waals surface area contributed by atoms with Crippen molar-refractivity contribution in [1.29, 1.82) is 0 Å². The van der Waals surface area contributed by atoms with Crippen molar-refractivity contribution in [2.75, 3.05) is 20.8 Å². The van der Waals surface area contributed by atoms with Gasteiger partial charge in [-0.25, -0.2) is 0 Å². The van der Waals surface area contributed by atoms with E-state index in [1.54, 1.807) is 42.5 Å². The number of furan rings is 1. The van der Waals surface area contributed by atoms with Crippen LogP contribution in [0.4, 0.5) is 0 Å². The van der Waals surface area contributed by atoms with E-state index in [1.165, 1.54) is 20.5 Å². The molecule has 7 heteroatoms. The standard InChI is InChI=1S/C24H20O7/c1-14-6-8-16-20(11-14)31-23(19-5-4-10-29-19)24(22(16)26)30-13-17(25)15-7-9-18(27-2)21(12-15)28-3/h4-12H,13H2,1-3H3. The van der Waals surface area contributed by atoms with Crippen molar-refractivity contribution in [2.24, 2.45) is 0 Å². The Morgan fingerprint density at radius 3 is 2.52 bits per heavy atom. The molecule has 2 heterocycles. The molecule has 2 aromatic carbocycles. The van der Waals surface area contributed by atoms with Crippen molar-refractivity contribution in [2.45, 2.75) is 6.92 Å². The second-order valence-electron chi connectivity index (χ2n) is 6.85. The number of hydrogen-bond acceptors (Lipinski definition) is 7. The van der Waals surface area contributed by atoms with E-state index >= 15 is 0 Å². The number of hydrogen-bond donors (Lipinski definition) is 0. The minimum atomic E-state index is -0.382. The largest absolute Gasteiger partial charge is 0.493 e. The van der Waals surface area contributed by atoms with E-state index in [4.69, 9.17) is 23.0 Å². The maximum Gasteiger partial charge on any atom is 0.235 e. The van der Waals surface area contributed by atoms with Gasteiger partial charge in [-0.2, -0.15) is 0 Å². The lowest BCUT2D eigenvalue weighted by Gasteiger charge is -2.11. The lowest BCUT2D eigenvalue weighted by molar-refractivity contribution is 0.0919. The molecule has 0 N–H and O–H groups in total. The fraction of sp³-hybridized carbons (Fsp3) is 0.167. The van der Waals surface area contributed by atoms with Crippen LogP contribution in [0.3, 0.4) is 0 Å². The van der Waals surface area contributed by atoms with E-state index in [2.05, 4.69) is 0 Å². The molecule has 4 aromatic rings. The second-order valence-corrected chi connectivity index (χ2v) is 6.85. The van der Waals surface area contributed by atoms with Gasteiger partial charge in [0.2, 0.25) is 16.9 Å². The Hall–Kier alpha value is -4.00. The van der Waals surface area contributed by atoms with Gasteiger partial charge >= 0.3 is 0 Å². The highest BCUT2D eigenvalue weighted by Crippen LogP contribution is 2.32. The van der Waals surface area contributed by atoms with Crippen molar-refractivity contribution in [3.8, 4) is 28.8 Å². The summed E-state index contributed by atoms with van der Waals surface area (Å²) in [5.74, 6) is 0.966. The molecule has 0 fully saturated rings. The number of ketones is 1. The summed E-state index contributed by atoms with van der Waals surface area (Å²) in [7, 11) is 3.00. The smallest absolute Gasteiger partial charge is 0.235 e. The normalized spacial score (nSPS) is 10.8. The van der Waals surface area contributed by atoms with Crippen molar-refractivity contribution in [3.63, 3.8) is 0 Å². The molecule has 2 aromatic heterocycles. The van der Waals surface area contributed by atoms with Crippen molar-refractivity contribution in [1.82, 2.24) is 0 Å². The van der Waals surface area contributed by atoms with E-state index in [0.29, 0.717) is 33.8 Å². The van der Waals surface area contributed by atoms with Crippen LogP contribution in [0.2, 0.25) is 0 Å². The van der Waals surface area contributed by atoms with Crippen molar-refractivity contribution >= 4 is 16.8 Å². The molecule has 4 rings (SSSR count). The molecule has 0 bridgehead atoms. The fourth-order valence-corrected chi connectivity index (χ4v) is 3.22. The van der Waals surface area contributed by atoms with Gasteiger partial charge in [0.05, 0.1) is 25.9 Å². The fourth-order valence-electron chi connectivity index (χ4n) is 3.22. The van der Waals surface area contributed by atoms with Gasteiger partial charge in [0.25, 0.3) is 0 Å². The van der Waals surface area contributed by atoms with Gasteiger partial charge in [-0.1, -0.05) is 6.07 Å². The summed E-state index contributed by atoms with van der Waals surface area (Å²) in [4.78, 5) is 25.8. The average Bonchev–Trinajstić information content (AvgIpc) is 3.32. The zero-order valence-electron chi connectivity index (χ0n) is 17.3. The van der Waals surface area contributed by atoms with E-state index in [1.807, 2.05) is 13.0 Å². The third-order valence-corrected chi connectivity index (χ3v) is 4.80. The zero-order valence-corrected chi connectivity index (χ0v) is 17.3. The molecule has 158 valence electrons. The predicted molar refractivity (Wildman–Crippen MR) is 114 cm³/mol. The molecule has 0 radical (unpaired) electrons. The Bertz CT molecular complexity index is 1300. The highest BCUT2D eigenvalue weighted by atomic mass is 16.5. The van der Waals surface area contributed by atoms with Crippen molar-refractivity contribution < 1.29 is 27.8 Å². The molecule has 0 amide bonds. The van der Waals surface area contributed by atoms with Crippen LogP contribution in [-0.4, -0.2) is 26.6 Å². The Labute approximate surface area is 177 Å². The summed E-state index contributed by atoms with van der Waals surface area (Å²) in [6.07, 6.45) is 1.47. The molecule has 0 spiro atoms. The van der Waals surface area contributed by atoms with Crippen LogP contribution in [-0.2, 0) is 0 Å². The maximum absolute atomic E-state index is 13.1. The molecule has 0 aliphatic rings. The monoisotopic (exact) mass is 420 g/mol. The summed E-state index contributed by atoms with van der Waals surface area (Å²) in [6, 6.07) is 13.4. The number of fused-ring (bicyclic) bond motifs is 1. The molecule has 0 atom stereocenters. The van der Waals surface area contributed by atoms with E-state index in [9.17, 15) is 9.59 Å². The van der Waals surface area contributed by atoms with Crippen LogP contribution in [0.5, 0.6) is 17.2 Å². The minimum Gasteiger partial charge on any atom is -0.493 e. The molecule has 0 unspecified atom stereocenters. The molecular weight excluding hydrogens is 400 g/mol. The van der Waals surface area contributed by atoms with Crippen LogP contribution in [0.1, 0.15) is 15.9 Å². The Kier molecular flexibility index (Phi) is 5.49. The molecule has 0 saturated heterocycles. The van der Waals surface area contributed by atoms with Gasteiger partial charge in [-0.3, -0.25) is 9.59 Å². The maximum atomic E-state index is 13.1. The van der Waals surface area contributed by atoms with Crippen LogP contribution in [0, 0.1) is 6.92 Å². The summed E-state index contributed by atoms with van der Waals surface area (Å²) in [5, 5.41) is 0.356. The van der Waals surface area contributed by atoms with Crippen LogP contribution in [0.15, 0.2) is 68.4 Å². The third kappa shape index (κ3) is 3.90. The van der Waals surface area contributed by atoms with Gasteiger partial charge in [0.15, 0.2) is 29.6 Å². The van der Waals surface area contributed by atoms with Crippen LogP contribution in [0.25, 0.3) is 22.5 Å². The van der Waals surface area contributed by atoms with Gasteiger partial charge in [-0.05, 0) is 55.0 Å². The number of ether oxygens (including phenoxy) is 3. The highest BCUT2D eigenvalue weighted by Gasteiger charge is 2.21. The number of carbonyl (C=O) groups excluding carboxylic acids is 1. The van der Waals surface area contributed by atoms with E-state index in [0.717, 1.165) is 5.56 Å². The molecule has 0 aliphatic heterocycles. The predicted octanol–water partition coefficient (Wildman–Crippen LogP) is 4.64. The number of carbonyl (C=O) groups is 1. The SMILES string of the molecule is COc1ccc(C(=O)COc2c(-c3ccco3)oc3cc(C)ccc3c2=O)cc1OC. The van der Waals surface area contributed by atoms with Crippen LogP contribution >= 0.6 is 0 Å². The van der Waals surface area contributed by atoms with Crippen LogP contribution < -0.4 is 19.6 Å². The summed E-state index contributed by atoms with van der Waals surface area (Å²) in [5.41, 5.74) is 1.33. The highest BCUT2D eigenvalue weighted by molar-refractivity contribution is 5.98. The number of benzene rings is 2. The van der Waals surface area contributed by atoms with Gasteiger partial charge < -0.3 is 23.0 Å². The first kappa shape index (κ1) is 20.3. The minimum absolute atomic E-state index is 0.0832. The number of rotatable bonds is 7. The molecule has 0 saturated carbocycles. The average molecular weight is 420 g/mol. The topological polar surface area (TPSA) is 88.1 Å². The first-order chi connectivity index (χ1) is 15.0. The summed E-state index contributed by atoms with van der Waals surface area (Å²) >= 11 is 0. The summed E-state index contributed by atoms with van der Waals surface area (Å²) in [6.45, 7) is 1.53. The number of aryl methyl sites for hydroxylation is 1. The Morgan fingerprint density at radius 1 is 1.00 bits per heavy atom. The number of Topliss-reactive ketones (excluding diaryl/α,β-unsaturated/α-hetero) is 1. The lowest BCUT2D eigenvalue weighted by atomic mass is 10.1. The first-order valence-electron chi connectivity index (χ1n) is 9.51. The van der Waals surface area contributed by atoms with E-state index < -0.39 is 0 Å². The lowest BCUT2D eigenvalue weighted by Crippen LogP contribution is -2.17. The van der Waals surface area contributed by atoms with Gasteiger partial charge in [0.1, 0.15) is 5.58 Å². The Balaban J connectivity index is 1.70. The van der Waals surface area contributed by atoms with Crippen molar-refractivity contribution in [3.05, 3.63) is 76.1 Å². The first-order valence-corrected chi connectivity index (χ1v) is 9.51. The molecule has 0 aliphatic carbocycles. The molecular formula is C24H20O7. The zero-order chi connectivity index (χ0) is 22.0.